The van der Waals surface area contributed by atoms with Gasteiger partial charge in [0, 0.05) is 5.92 Å². The molecule has 4 heteroatoms. The van der Waals surface area contributed by atoms with Gasteiger partial charge < -0.3 is 9.47 Å². The summed E-state index contributed by atoms with van der Waals surface area (Å²) in [5, 5.41) is 0. The third kappa shape index (κ3) is 3.16. The van der Waals surface area contributed by atoms with Gasteiger partial charge in [-0.2, -0.15) is 0 Å². The van der Waals surface area contributed by atoms with Gasteiger partial charge in [-0.05, 0) is 49.3 Å². The third-order valence-corrected chi connectivity index (χ3v) is 4.94. The van der Waals surface area contributed by atoms with Crippen LogP contribution in [0, 0.1) is 17.8 Å². The van der Waals surface area contributed by atoms with Crippen LogP contribution in [0.25, 0.3) is 0 Å². The lowest BCUT2D eigenvalue weighted by atomic mass is 9.64. The van der Waals surface area contributed by atoms with Crippen LogP contribution in [0.4, 0.5) is 0 Å². The molecule has 0 aromatic heterocycles. The topological polar surface area (TPSA) is 52.6 Å². The third-order valence-electron chi connectivity index (χ3n) is 4.94. The van der Waals surface area contributed by atoms with Crippen molar-refractivity contribution in [2.45, 2.75) is 32.6 Å². The number of carbonyl (C=O) groups is 2. The van der Waals surface area contributed by atoms with E-state index >= 15 is 0 Å². The molecule has 1 aromatic carbocycles. The van der Waals surface area contributed by atoms with E-state index in [1.807, 2.05) is 31.2 Å². The predicted molar refractivity (Wildman–Crippen MR) is 83.8 cm³/mol. The lowest BCUT2D eigenvalue weighted by Crippen LogP contribution is -2.39. The van der Waals surface area contributed by atoms with Gasteiger partial charge in [-0.25, -0.2) is 0 Å². The quantitative estimate of drug-likeness (QED) is 0.802. The molecule has 1 aromatic rings. The fraction of sp³-hybridized carbons (Fsp3) is 0.556. The SMILES string of the molecule is COC(=O)C1CCC(c2ccc(OC)cc2)C(C(C)=O)C1C. The number of carbonyl (C=O) groups excluding carboxylic acids is 2. The second-order valence-electron chi connectivity index (χ2n) is 6.08. The van der Waals surface area contributed by atoms with Crippen molar-refractivity contribution in [3.8, 4) is 5.75 Å². The average Bonchev–Trinajstić information content (AvgIpc) is 2.53. The monoisotopic (exact) mass is 304 g/mol. The molecule has 4 nitrogen and oxygen atoms in total. The average molecular weight is 304 g/mol. The van der Waals surface area contributed by atoms with Gasteiger partial charge in [-0.15, -0.1) is 0 Å². The molecule has 4 unspecified atom stereocenters. The van der Waals surface area contributed by atoms with Gasteiger partial charge in [0.1, 0.15) is 11.5 Å². The summed E-state index contributed by atoms with van der Waals surface area (Å²) in [5.74, 6) is 0.554. The summed E-state index contributed by atoms with van der Waals surface area (Å²) in [6.07, 6.45) is 1.58. The Hall–Kier alpha value is -1.84. The highest BCUT2D eigenvalue weighted by molar-refractivity contribution is 5.82. The van der Waals surface area contributed by atoms with Crippen molar-refractivity contribution < 1.29 is 19.1 Å². The first-order chi connectivity index (χ1) is 10.5. The molecule has 0 N–H and O–H groups in total. The van der Waals surface area contributed by atoms with Gasteiger partial charge in [0.25, 0.3) is 0 Å². The fourth-order valence-electron chi connectivity index (χ4n) is 3.78. The van der Waals surface area contributed by atoms with Crippen LogP contribution in [-0.2, 0) is 14.3 Å². The minimum atomic E-state index is -0.202. The number of methoxy groups -OCH3 is 2. The lowest BCUT2D eigenvalue weighted by molar-refractivity contribution is -0.150. The van der Waals surface area contributed by atoms with E-state index in [1.165, 1.54) is 7.11 Å². The van der Waals surface area contributed by atoms with Gasteiger partial charge in [0.05, 0.1) is 20.1 Å². The van der Waals surface area contributed by atoms with E-state index in [9.17, 15) is 9.59 Å². The number of Topliss-reactive ketones (excluding diaryl/α,β-unsaturated/α-hetero) is 1. The van der Waals surface area contributed by atoms with E-state index in [0.717, 1.165) is 24.2 Å². The first-order valence-electron chi connectivity index (χ1n) is 7.71. The van der Waals surface area contributed by atoms with E-state index in [1.54, 1.807) is 14.0 Å². The highest BCUT2D eigenvalue weighted by atomic mass is 16.5. The van der Waals surface area contributed by atoms with Crippen LogP contribution in [0.2, 0.25) is 0 Å². The molecular weight excluding hydrogens is 280 g/mol. The minimum absolute atomic E-state index is 0.00852. The number of hydrogen-bond acceptors (Lipinski definition) is 4. The summed E-state index contributed by atoms with van der Waals surface area (Å²) in [5.41, 5.74) is 1.14. The maximum atomic E-state index is 12.2. The van der Waals surface area contributed by atoms with Crippen LogP contribution in [0.15, 0.2) is 24.3 Å². The molecule has 2 rings (SSSR count). The minimum Gasteiger partial charge on any atom is -0.497 e. The molecule has 0 bridgehead atoms. The van der Waals surface area contributed by atoms with Gasteiger partial charge in [-0.3, -0.25) is 9.59 Å². The summed E-state index contributed by atoms with van der Waals surface area (Å²) in [7, 11) is 3.05. The van der Waals surface area contributed by atoms with Crippen LogP contribution >= 0.6 is 0 Å². The molecule has 120 valence electrons. The Morgan fingerprint density at radius 3 is 2.23 bits per heavy atom. The molecule has 4 atom stereocenters. The van der Waals surface area contributed by atoms with Crippen molar-refractivity contribution in [2.24, 2.45) is 17.8 Å². The highest BCUT2D eigenvalue weighted by Crippen LogP contribution is 2.45. The Kier molecular flexibility index (Phi) is 5.22. The van der Waals surface area contributed by atoms with Crippen molar-refractivity contribution >= 4 is 11.8 Å². The van der Waals surface area contributed by atoms with Gasteiger partial charge in [0.15, 0.2) is 0 Å². The van der Waals surface area contributed by atoms with Crippen molar-refractivity contribution in [3.05, 3.63) is 29.8 Å². The molecule has 0 amide bonds. The number of esters is 1. The normalized spacial score (nSPS) is 28.0. The van der Waals surface area contributed by atoms with Crippen LogP contribution in [0.3, 0.4) is 0 Å². The van der Waals surface area contributed by atoms with E-state index in [4.69, 9.17) is 9.47 Å². The number of hydrogen-bond donors (Lipinski definition) is 0. The first kappa shape index (κ1) is 16.5. The Balaban J connectivity index is 2.27. The van der Waals surface area contributed by atoms with Gasteiger partial charge >= 0.3 is 5.97 Å². The highest BCUT2D eigenvalue weighted by Gasteiger charge is 2.43. The largest absolute Gasteiger partial charge is 0.497 e. The number of ketones is 1. The van der Waals surface area contributed by atoms with Crippen LogP contribution < -0.4 is 4.74 Å². The zero-order valence-corrected chi connectivity index (χ0v) is 13.7. The Bertz CT molecular complexity index is 535. The Labute approximate surface area is 131 Å². The van der Waals surface area contributed by atoms with Crippen molar-refractivity contribution in [1.82, 2.24) is 0 Å². The second-order valence-corrected chi connectivity index (χ2v) is 6.08. The van der Waals surface area contributed by atoms with E-state index in [0.29, 0.717) is 0 Å². The molecule has 0 spiro atoms. The summed E-state index contributed by atoms with van der Waals surface area (Å²) in [4.78, 5) is 24.1. The van der Waals surface area contributed by atoms with Gasteiger partial charge in [0.2, 0.25) is 0 Å². The van der Waals surface area contributed by atoms with Crippen LogP contribution in [0.1, 0.15) is 38.2 Å². The predicted octanol–water partition coefficient (Wildman–Crippen LogP) is 3.20. The Morgan fingerprint density at radius 1 is 1.09 bits per heavy atom. The van der Waals surface area contributed by atoms with Crippen molar-refractivity contribution in [1.29, 1.82) is 0 Å². The molecule has 1 saturated carbocycles. The maximum Gasteiger partial charge on any atom is 0.308 e. The van der Waals surface area contributed by atoms with Gasteiger partial charge in [-0.1, -0.05) is 19.1 Å². The number of rotatable bonds is 4. The van der Waals surface area contributed by atoms with Crippen molar-refractivity contribution in [3.63, 3.8) is 0 Å². The molecule has 0 aliphatic heterocycles. The number of benzene rings is 1. The second kappa shape index (κ2) is 6.95. The fourth-order valence-corrected chi connectivity index (χ4v) is 3.78. The first-order valence-corrected chi connectivity index (χ1v) is 7.71. The molecular formula is C18H24O4. The van der Waals surface area contributed by atoms with Crippen molar-refractivity contribution in [2.75, 3.05) is 14.2 Å². The zero-order valence-electron chi connectivity index (χ0n) is 13.7. The van der Waals surface area contributed by atoms with E-state index in [-0.39, 0.29) is 35.4 Å². The summed E-state index contributed by atoms with van der Waals surface area (Å²) in [6.45, 7) is 3.61. The summed E-state index contributed by atoms with van der Waals surface area (Å²) in [6, 6.07) is 7.88. The lowest BCUT2D eigenvalue weighted by Gasteiger charge is -2.39. The number of ether oxygens (including phenoxy) is 2. The zero-order chi connectivity index (χ0) is 16.3. The van der Waals surface area contributed by atoms with E-state index < -0.39 is 0 Å². The maximum absolute atomic E-state index is 12.2. The molecule has 1 aliphatic rings. The molecule has 0 radical (unpaired) electrons. The standard InChI is InChI=1S/C18H24O4/c1-11-15(18(20)22-4)9-10-16(17(11)12(2)19)13-5-7-14(21-3)8-6-13/h5-8,11,15-17H,9-10H2,1-4H3. The smallest absolute Gasteiger partial charge is 0.308 e. The molecule has 0 saturated heterocycles. The Morgan fingerprint density at radius 2 is 1.73 bits per heavy atom. The molecule has 1 fully saturated rings. The van der Waals surface area contributed by atoms with E-state index in [2.05, 4.69) is 0 Å². The summed E-state index contributed by atoms with van der Waals surface area (Å²) < 4.78 is 10.1. The molecule has 1 aliphatic carbocycles. The summed E-state index contributed by atoms with van der Waals surface area (Å²) >= 11 is 0. The molecule has 22 heavy (non-hydrogen) atoms. The van der Waals surface area contributed by atoms with Crippen LogP contribution in [-0.4, -0.2) is 26.0 Å². The molecule has 0 heterocycles. The van der Waals surface area contributed by atoms with Crippen LogP contribution in [0.5, 0.6) is 5.75 Å².